The summed E-state index contributed by atoms with van der Waals surface area (Å²) >= 11 is 0. The molecule has 0 spiro atoms. The minimum Gasteiger partial charge on any atom is -0.452 e. The van der Waals surface area contributed by atoms with Gasteiger partial charge in [-0.2, -0.15) is 5.10 Å². The number of hydrogen-bond donors (Lipinski definition) is 1. The number of amides is 3. The minimum absolute atomic E-state index is 0.00813. The highest BCUT2D eigenvalue weighted by atomic mass is 16.5. The Morgan fingerprint density at radius 1 is 1.26 bits per heavy atom. The van der Waals surface area contributed by atoms with Crippen molar-refractivity contribution in [2.45, 2.75) is 45.3 Å². The van der Waals surface area contributed by atoms with Gasteiger partial charge in [0, 0.05) is 51.1 Å². The molecule has 1 aromatic carbocycles. The number of aryl methyl sites for hydroxylation is 3. The van der Waals surface area contributed by atoms with E-state index in [1.807, 2.05) is 40.6 Å². The Kier molecular flexibility index (Phi) is 7.04. The van der Waals surface area contributed by atoms with Crippen LogP contribution in [0.25, 0.3) is 11.0 Å². The molecule has 0 bridgehead atoms. The number of aromatic nitrogens is 4. The maximum atomic E-state index is 12.8. The van der Waals surface area contributed by atoms with Gasteiger partial charge in [0.2, 0.25) is 11.8 Å². The number of fused-ring (bicyclic) bond motifs is 3. The van der Waals surface area contributed by atoms with E-state index in [-0.39, 0.29) is 30.9 Å². The molecule has 1 aliphatic rings. The molecule has 3 aromatic rings. The van der Waals surface area contributed by atoms with Crippen LogP contribution in [0.2, 0.25) is 0 Å². The molecule has 0 aliphatic carbocycles. The Morgan fingerprint density at radius 2 is 2.06 bits per heavy atom. The molecular formula is C24H31N7O4. The highest BCUT2D eigenvalue weighted by Gasteiger charge is 2.31. The number of benzene rings is 1. The maximum Gasteiger partial charge on any atom is 0.414 e. The van der Waals surface area contributed by atoms with Crippen molar-refractivity contribution in [2.24, 2.45) is 0 Å². The topological polar surface area (TPSA) is 115 Å². The first-order valence-electron chi connectivity index (χ1n) is 11.6. The number of ether oxygens (including phenoxy) is 1. The summed E-state index contributed by atoms with van der Waals surface area (Å²) in [5.74, 6) is 0.280. The number of anilines is 1. The quantitative estimate of drug-likeness (QED) is 0.548. The summed E-state index contributed by atoms with van der Waals surface area (Å²) in [7, 11) is 4.67. The number of nitrogens with zero attached hydrogens (tertiary/aromatic N) is 6. The van der Waals surface area contributed by atoms with E-state index in [2.05, 4.69) is 10.4 Å². The monoisotopic (exact) mass is 481 g/mol. The molecule has 0 saturated carbocycles. The van der Waals surface area contributed by atoms with E-state index in [1.165, 1.54) is 12.0 Å². The molecule has 3 heterocycles. The summed E-state index contributed by atoms with van der Waals surface area (Å²) in [6.07, 6.45) is 5.30. The van der Waals surface area contributed by atoms with Gasteiger partial charge in [0.05, 0.1) is 30.4 Å². The summed E-state index contributed by atoms with van der Waals surface area (Å²) in [5, 5.41) is 6.95. The van der Waals surface area contributed by atoms with Gasteiger partial charge in [-0.05, 0) is 38.0 Å². The van der Waals surface area contributed by atoms with Crippen LogP contribution in [0.4, 0.5) is 10.5 Å². The van der Waals surface area contributed by atoms with Crippen LogP contribution in [0, 0.1) is 0 Å². The van der Waals surface area contributed by atoms with Crippen molar-refractivity contribution in [3.8, 4) is 0 Å². The highest BCUT2D eigenvalue weighted by molar-refractivity contribution is 5.95. The fraction of sp³-hybridized carbons (Fsp3) is 0.458. The van der Waals surface area contributed by atoms with Crippen LogP contribution >= 0.6 is 0 Å². The Balaban J connectivity index is 1.70. The first-order chi connectivity index (χ1) is 16.8. The summed E-state index contributed by atoms with van der Waals surface area (Å²) < 4.78 is 8.72. The third-order valence-electron chi connectivity index (χ3n) is 6.32. The molecular weight excluding hydrogens is 450 g/mol. The maximum absolute atomic E-state index is 12.8. The van der Waals surface area contributed by atoms with Crippen LogP contribution in [-0.4, -0.2) is 75.9 Å². The SMILES string of the molecule is COC(=O)N1c2ccc3c(nc(CCn4cccn4)n3CC(=O)NCC(=O)N(C)C)c2CC[C@@H]1C. The average molecular weight is 482 g/mol. The van der Waals surface area contributed by atoms with Gasteiger partial charge in [-0.25, -0.2) is 9.78 Å². The number of imidazole rings is 1. The molecule has 0 fully saturated rings. The van der Waals surface area contributed by atoms with Crippen molar-refractivity contribution in [1.82, 2.24) is 29.5 Å². The summed E-state index contributed by atoms with van der Waals surface area (Å²) in [6.45, 7) is 2.56. The molecule has 35 heavy (non-hydrogen) atoms. The molecule has 0 unspecified atom stereocenters. The highest BCUT2D eigenvalue weighted by Crippen LogP contribution is 2.36. The van der Waals surface area contributed by atoms with Crippen molar-refractivity contribution in [3.63, 3.8) is 0 Å². The predicted octanol–water partition coefficient (Wildman–Crippen LogP) is 1.59. The second kappa shape index (κ2) is 10.2. The zero-order chi connectivity index (χ0) is 25.1. The van der Waals surface area contributed by atoms with Gasteiger partial charge in [-0.15, -0.1) is 0 Å². The number of methoxy groups -OCH3 is 1. The van der Waals surface area contributed by atoms with Crippen LogP contribution in [0.1, 0.15) is 24.7 Å². The largest absolute Gasteiger partial charge is 0.452 e. The fourth-order valence-electron chi connectivity index (χ4n) is 4.40. The van der Waals surface area contributed by atoms with Crippen LogP contribution < -0.4 is 10.2 Å². The smallest absolute Gasteiger partial charge is 0.414 e. The fourth-order valence-corrected chi connectivity index (χ4v) is 4.40. The third-order valence-corrected chi connectivity index (χ3v) is 6.32. The number of carbonyl (C=O) groups excluding carboxylic acids is 3. The Labute approximate surface area is 203 Å². The zero-order valence-corrected chi connectivity index (χ0v) is 20.5. The van der Waals surface area contributed by atoms with Crippen molar-refractivity contribution >= 4 is 34.6 Å². The molecule has 0 saturated heterocycles. The molecule has 3 amide bonds. The molecule has 11 heteroatoms. The van der Waals surface area contributed by atoms with Crippen molar-refractivity contribution < 1.29 is 19.1 Å². The number of likely N-dealkylation sites (N-methyl/N-ethyl adjacent to an activating group) is 1. The molecule has 1 N–H and O–H groups in total. The lowest BCUT2D eigenvalue weighted by molar-refractivity contribution is -0.131. The lowest BCUT2D eigenvalue weighted by Crippen LogP contribution is -2.42. The van der Waals surface area contributed by atoms with Crippen LogP contribution in [0.3, 0.4) is 0 Å². The van der Waals surface area contributed by atoms with Crippen LogP contribution in [0.15, 0.2) is 30.6 Å². The molecule has 11 nitrogen and oxygen atoms in total. The standard InChI is InChI=1S/C24H31N7O4/c1-16-6-7-17-18(31(16)24(34)35-4)8-9-19-23(17)27-20(10-13-29-12-5-11-26-29)30(19)15-21(32)25-14-22(33)28(2)3/h5,8-9,11-12,16H,6-7,10,13-15H2,1-4H3,(H,25,32)/t16-/m0/s1. The summed E-state index contributed by atoms with van der Waals surface area (Å²) in [4.78, 5) is 45.2. The van der Waals surface area contributed by atoms with E-state index in [4.69, 9.17) is 9.72 Å². The minimum atomic E-state index is -0.402. The normalized spacial score (nSPS) is 15.1. The van der Waals surface area contributed by atoms with Gasteiger partial charge in [0.1, 0.15) is 12.4 Å². The zero-order valence-electron chi connectivity index (χ0n) is 20.5. The molecule has 1 atom stereocenters. The Morgan fingerprint density at radius 3 is 2.74 bits per heavy atom. The molecule has 186 valence electrons. The van der Waals surface area contributed by atoms with E-state index in [9.17, 15) is 14.4 Å². The second-order valence-electron chi connectivity index (χ2n) is 8.86. The van der Waals surface area contributed by atoms with E-state index in [0.29, 0.717) is 13.0 Å². The first kappa shape index (κ1) is 24.2. The number of carbonyl (C=O) groups is 3. The van der Waals surface area contributed by atoms with Crippen LogP contribution in [-0.2, 0) is 40.3 Å². The van der Waals surface area contributed by atoms with E-state index in [0.717, 1.165) is 41.0 Å². The molecule has 2 aromatic heterocycles. The Bertz CT molecular complexity index is 1230. The summed E-state index contributed by atoms with van der Waals surface area (Å²) in [5.41, 5.74) is 3.34. The third kappa shape index (κ3) is 4.98. The van der Waals surface area contributed by atoms with Gasteiger partial charge in [0.25, 0.3) is 0 Å². The van der Waals surface area contributed by atoms with Crippen LogP contribution in [0.5, 0.6) is 0 Å². The van der Waals surface area contributed by atoms with Gasteiger partial charge < -0.3 is 19.5 Å². The first-order valence-corrected chi connectivity index (χ1v) is 11.6. The van der Waals surface area contributed by atoms with Gasteiger partial charge in [-0.3, -0.25) is 19.2 Å². The van der Waals surface area contributed by atoms with Crippen molar-refractivity contribution in [1.29, 1.82) is 0 Å². The predicted molar refractivity (Wildman–Crippen MR) is 130 cm³/mol. The average Bonchev–Trinajstić information content (AvgIpc) is 3.48. The lowest BCUT2D eigenvalue weighted by atomic mass is 9.96. The number of nitrogens with one attached hydrogen (secondary N) is 1. The van der Waals surface area contributed by atoms with Crippen molar-refractivity contribution in [3.05, 3.63) is 42.0 Å². The molecule has 4 rings (SSSR count). The van der Waals surface area contributed by atoms with E-state index in [1.54, 1.807) is 25.2 Å². The van der Waals surface area contributed by atoms with E-state index < -0.39 is 6.09 Å². The van der Waals surface area contributed by atoms with E-state index >= 15 is 0 Å². The number of hydrogen-bond acceptors (Lipinski definition) is 6. The molecule has 0 radical (unpaired) electrons. The molecule has 1 aliphatic heterocycles. The van der Waals surface area contributed by atoms with Gasteiger partial charge in [-0.1, -0.05) is 0 Å². The van der Waals surface area contributed by atoms with Crippen molar-refractivity contribution in [2.75, 3.05) is 32.6 Å². The van der Waals surface area contributed by atoms with Gasteiger partial charge >= 0.3 is 6.09 Å². The van der Waals surface area contributed by atoms with Gasteiger partial charge in [0.15, 0.2) is 0 Å². The second-order valence-corrected chi connectivity index (χ2v) is 8.86. The summed E-state index contributed by atoms with van der Waals surface area (Å²) in [6, 6.07) is 5.66. The Hall–Kier alpha value is -3.89. The number of rotatable bonds is 7. The lowest BCUT2D eigenvalue weighted by Gasteiger charge is -2.34.